The molecule has 0 aliphatic heterocycles. The summed E-state index contributed by atoms with van der Waals surface area (Å²) in [7, 11) is 0. The maximum absolute atomic E-state index is 12.6. The van der Waals surface area contributed by atoms with Gasteiger partial charge in [-0.15, -0.1) is 0 Å². The Kier molecular flexibility index (Phi) is 6.55. The van der Waals surface area contributed by atoms with Crippen molar-refractivity contribution in [1.82, 2.24) is 9.78 Å². The number of anilines is 1. The second-order valence-corrected chi connectivity index (χ2v) is 8.05. The zero-order valence-electron chi connectivity index (χ0n) is 18.2. The first-order chi connectivity index (χ1) is 14.3. The van der Waals surface area contributed by atoms with Crippen molar-refractivity contribution in [3.63, 3.8) is 0 Å². The van der Waals surface area contributed by atoms with E-state index in [2.05, 4.69) is 24.3 Å². The average Bonchev–Trinajstić information content (AvgIpc) is 2.95. The molecule has 1 atom stereocenters. The Hall–Kier alpha value is -3.15. The molecular weight excluding hydrogens is 378 g/mol. The molecule has 1 N–H and O–H groups in total. The van der Waals surface area contributed by atoms with Gasteiger partial charge in [0, 0.05) is 28.9 Å². The van der Waals surface area contributed by atoms with E-state index in [-0.39, 0.29) is 12.3 Å². The molecular formula is C24H29N3O3. The number of hydrogen-bond acceptors (Lipinski definition) is 4. The van der Waals surface area contributed by atoms with Gasteiger partial charge in [0.2, 0.25) is 0 Å². The van der Waals surface area contributed by atoms with E-state index in [9.17, 15) is 9.59 Å². The minimum absolute atomic E-state index is 0.0989. The molecule has 1 amide bonds. The van der Waals surface area contributed by atoms with Crippen LogP contribution in [0.2, 0.25) is 0 Å². The van der Waals surface area contributed by atoms with Crippen molar-refractivity contribution in [2.24, 2.45) is 5.92 Å². The fraction of sp³-hybridized carbons (Fsp3) is 0.375. The maximum Gasteiger partial charge on any atom is 0.311 e. The number of nitrogens with one attached hydrogen (secondary N) is 1. The van der Waals surface area contributed by atoms with Crippen molar-refractivity contribution in [3.05, 3.63) is 59.4 Å². The van der Waals surface area contributed by atoms with E-state index in [1.54, 1.807) is 6.92 Å². The highest BCUT2D eigenvalue weighted by molar-refractivity contribution is 6.03. The fourth-order valence-electron chi connectivity index (χ4n) is 3.52. The Labute approximate surface area is 177 Å². The fourth-order valence-corrected chi connectivity index (χ4v) is 3.52. The number of carbonyl (C=O) groups excluding carboxylic acids is 2. The van der Waals surface area contributed by atoms with E-state index in [0.29, 0.717) is 11.6 Å². The summed E-state index contributed by atoms with van der Waals surface area (Å²) >= 11 is 0. The Morgan fingerprint density at radius 3 is 2.50 bits per heavy atom. The number of carbonyl (C=O) groups is 2. The summed E-state index contributed by atoms with van der Waals surface area (Å²) < 4.78 is 7.34. The third-order valence-electron chi connectivity index (χ3n) is 5.12. The van der Waals surface area contributed by atoms with Crippen LogP contribution in [-0.2, 0) is 27.3 Å². The number of aromatic nitrogens is 2. The number of aryl methyl sites for hydroxylation is 1. The summed E-state index contributed by atoms with van der Waals surface area (Å²) in [6.07, 6.45) is -0.801. The molecule has 1 aromatic heterocycles. The second-order valence-electron chi connectivity index (χ2n) is 8.05. The van der Waals surface area contributed by atoms with Gasteiger partial charge in [0.15, 0.2) is 6.10 Å². The van der Waals surface area contributed by atoms with Gasteiger partial charge in [-0.1, -0.05) is 50.2 Å². The Bertz CT molecular complexity index is 1060. The van der Waals surface area contributed by atoms with Crippen LogP contribution >= 0.6 is 0 Å². The van der Waals surface area contributed by atoms with Crippen molar-refractivity contribution >= 4 is 28.3 Å². The molecule has 158 valence electrons. The highest BCUT2D eigenvalue weighted by Crippen LogP contribution is 2.23. The summed E-state index contributed by atoms with van der Waals surface area (Å²) in [5, 5.41) is 9.37. The Morgan fingerprint density at radius 2 is 1.77 bits per heavy atom. The van der Waals surface area contributed by atoms with Crippen LogP contribution in [0, 0.1) is 19.8 Å². The van der Waals surface area contributed by atoms with E-state index in [0.717, 1.165) is 34.3 Å². The minimum atomic E-state index is -0.900. The number of nitrogens with zero attached hydrogens (tertiary/aromatic N) is 2. The number of ether oxygens (including phenoxy) is 1. The maximum atomic E-state index is 12.6. The standard InChI is InChI=1S/C24H29N3O3/c1-15(2)14-27-17(4)21(16(3)26-27)13-23(28)30-18(5)24(29)25-22-12-8-10-19-9-6-7-11-20(19)22/h6-12,15,18H,13-14H2,1-5H3,(H,25,29). The van der Waals surface area contributed by atoms with Crippen LogP contribution in [0.1, 0.15) is 37.7 Å². The highest BCUT2D eigenvalue weighted by Gasteiger charge is 2.21. The highest BCUT2D eigenvalue weighted by atomic mass is 16.5. The van der Waals surface area contributed by atoms with E-state index < -0.39 is 12.1 Å². The topological polar surface area (TPSA) is 73.2 Å². The molecule has 0 bridgehead atoms. The zero-order chi connectivity index (χ0) is 21.8. The Balaban J connectivity index is 1.64. The van der Waals surface area contributed by atoms with Gasteiger partial charge in [-0.25, -0.2) is 0 Å². The first kappa shape index (κ1) is 21.6. The largest absolute Gasteiger partial charge is 0.452 e. The van der Waals surface area contributed by atoms with Crippen molar-refractivity contribution in [2.75, 3.05) is 5.32 Å². The number of rotatable bonds is 7. The van der Waals surface area contributed by atoms with Gasteiger partial charge in [0.25, 0.3) is 5.91 Å². The molecule has 6 nitrogen and oxygen atoms in total. The summed E-state index contributed by atoms with van der Waals surface area (Å²) in [6.45, 7) is 10.5. The van der Waals surface area contributed by atoms with E-state index in [1.807, 2.05) is 61.0 Å². The molecule has 6 heteroatoms. The Morgan fingerprint density at radius 1 is 1.07 bits per heavy atom. The normalized spacial score (nSPS) is 12.2. The quantitative estimate of drug-likeness (QED) is 0.589. The third kappa shape index (κ3) is 4.87. The van der Waals surface area contributed by atoms with Gasteiger partial charge in [0.1, 0.15) is 0 Å². The lowest BCUT2D eigenvalue weighted by molar-refractivity contribution is -0.152. The zero-order valence-corrected chi connectivity index (χ0v) is 18.2. The lowest BCUT2D eigenvalue weighted by atomic mass is 10.1. The summed E-state index contributed by atoms with van der Waals surface area (Å²) in [5.74, 6) is -0.338. The number of amides is 1. The van der Waals surface area contributed by atoms with Crippen LogP contribution in [0.4, 0.5) is 5.69 Å². The number of hydrogen-bond donors (Lipinski definition) is 1. The lowest BCUT2D eigenvalue weighted by Crippen LogP contribution is -2.30. The molecule has 0 spiro atoms. The van der Waals surface area contributed by atoms with E-state index >= 15 is 0 Å². The predicted molar refractivity (Wildman–Crippen MR) is 118 cm³/mol. The first-order valence-electron chi connectivity index (χ1n) is 10.3. The summed E-state index contributed by atoms with van der Waals surface area (Å²) in [6, 6.07) is 13.5. The lowest BCUT2D eigenvalue weighted by Gasteiger charge is -2.15. The van der Waals surface area contributed by atoms with Gasteiger partial charge in [0.05, 0.1) is 12.1 Å². The van der Waals surface area contributed by atoms with Crippen LogP contribution in [0.5, 0.6) is 0 Å². The van der Waals surface area contributed by atoms with Crippen LogP contribution in [0.25, 0.3) is 10.8 Å². The molecule has 30 heavy (non-hydrogen) atoms. The monoisotopic (exact) mass is 407 g/mol. The van der Waals surface area contributed by atoms with Gasteiger partial charge in [-0.2, -0.15) is 5.10 Å². The average molecular weight is 408 g/mol. The summed E-state index contributed by atoms with van der Waals surface area (Å²) in [4.78, 5) is 25.1. The molecule has 0 saturated heterocycles. The van der Waals surface area contributed by atoms with Gasteiger partial charge in [-0.3, -0.25) is 14.3 Å². The molecule has 0 fully saturated rings. The summed E-state index contributed by atoms with van der Waals surface area (Å²) in [5.41, 5.74) is 3.34. The number of benzene rings is 2. The van der Waals surface area contributed by atoms with Crippen LogP contribution < -0.4 is 5.32 Å². The third-order valence-corrected chi connectivity index (χ3v) is 5.12. The van der Waals surface area contributed by atoms with Gasteiger partial charge >= 0.3 is 5.97 Å². The molecule has 3 aromatic rings. The van der Waals surface area contributed by atoms with Crippen LogP contribution in [0.3, 0.4) is 0 Å². The number of fused-ring (bicyclic) bond motifs is 1. The van der Waals surface area contributed by atoms with Crippen molar-refractivity contribution < 1.29 is 14.3 Å². The molecule has 0 radical (unpaired) electrons. The predicted octanol–water partition coefficient (Wildman–Crippen LogP) is 4.42. The molecule has 2 aromatic carbocycles. The van der Waals surface area contributed by atoms with Crippen LogP contribution in [0.15, 0.2) is 42.5 Å². The van der Waals surface area contributed by atoms with Crippen molar-refractivity contribution in [2.45, 2.75) is 53.7 Å². The molecule has 1 unspecified atom stereocenters. The molecule has 3 rings (SSSR count). The number of esters is 1. The first-order valence-corrected chi connectivity index (χ1v) is 10.3. The van der Waals surface area contributed by atoms with Crippen molar-refractivity contribution in [1.29, 1.82) is 0 Å². The molecule has 0 saturated carbocycles. The van der Waals surface area contributed by atoms with Crippen molar-refractivity contribution in [3.8, 4) is 0 Å². The molecule has 1 heterocycles. The minimum Gasteiger partial charge on any atom is -0.452 e. The SMILES string of the molecule is Cc1nn(CC(C)C)c(C)c1CC(=O)OC(C)C(=O)Nc1cccc2ccccc12. The van der Waals surface area contributed by atoms with E-state index in [4.69, 9.17) is 4.74 Å². The second kappa shape index (κ2) is 9.11. The van der Waals surface area contributed by atoms with Crippen LogP contribution in [-0.4, -0.2) is 27.8 Å². The molecule has 0 aliphatic rings. The molecule has 0 aliphatic carbocycles. The smallest absolute Gasteiger partial charge is 0.311 e. The van der Waals surface area contributed by atoms with Gasteiger partial charge < -0.3 is 10.1 Å². The van der Waals surface area contributed by atoms with Gasteiger partial charge in [-0.05, 0) is 38.1 Å². The van der Waals surface area contributed by atoms with E-state index in [1.165, 1.54) is 0 Å².